The number of nitrogens with one attached hydrogen (secondary N) is 1. The average molecular weight is 622 g/mol. The first-order valence-electron chi connectivity index (χ1n) is 17.1. The van der Waals surface area contributed by atoms with Crippen molar-refractivity contribution in [2.24, 2.45) is 5.92 Å². The number of nitrogens with zero attached hydrogens (tertiary/aromatic N) is 4. The molecule has 2 bridgehead atoms. The highest BCUT2D eigenvalue weighted by atomic mass is 19.4. The molecule has 1 saturated carbocycles. The van der Waals surface area contributed by atoms with E-state index in [-0.39, 0.29) is 30.3 Å². The molecule has 1 aromatic heterocycles. The topological polar surface area (TPSA) is 53.4 Å². The van der Waals surface area contributed by atoms with Gasteiger partial charge >= 0.3 is 12.2 Å². The zero-order chi connectivity index (χ0) is 31.2. The summed E-state index contributed by atoms with van der Waals surface area (Å²) in [7, 11) is 0. The van der Waals surface area contributed by atoms with Crippen molar-refractivity contribution in [1.82, 2.24) is 24.7 Å². The Labute approximate surface area is 264 Å². The molecule has 4 aliphatic rings. The molecular formula is C36H46F3N5O. The molecule has 7 rings (SSSR count). The molecule has 3 aromatic rings. The first-order chi connectivity index (χ1) is 21.7. The first-order valence-corrected chi connectivity index (χ1v) is 17.1. The van der Waals surface area contributed by atoms with E-state index in [2.05, 4.69) is 76.3 Å². The average Bonchev–Trinajstić information content (AvgIpc) is 3.50. The normalized spacial score (nSPS) is 28.8. The Morgan fingerprint density at radius 2 is 1.53 bits per heavy atom. The number of carbonyl (C=O) groups excluding carboxylic acids is 1. The number of imidazole rings is 1. The number of para-hydroxylation sites is 2. The van der Waals surface area contributed by atoms with E-state index in [0.717, 1.165) is 50.0 Å². The molecule has 1 N–H and O–H groups in total. The van der Waals surface area contributed by atoms with Gasteiger partial charge in [0.15, 0.2) is 0 Å². The number of amides is 2. The molecule has 0 radical (unpaired) electrons. The lowest BCUT2D eigenvalue weighted by Crippen LogP contribution is -2.52. The summed E-state index contributed by atoms with van der Waals surface area (Å²) in [6, 6.07) is 20.7. The van der Waals surface area contributed by atoms with Crippen molar-refractivity contribution < 1.29 is 18.0 Å². The number of likely N-dealkylation sites (tertiary alicyclic amines) is 1. The Hall–Kier alpha value is -3.07. The van der Waals surface area contributed by atoms with Crippen LogP contribution in [0, 0.1) is 12.8 Å². The van der Waals surface area contributed by atoms with Crippen molar-refractivity contribution >= 4 is 17.1 Å². The molecule has 0 spiro atoms. The van der Waals surface area contributed by atoms with Crippen LogP contribution in [0.1, 0.15) is 88.1 Å². The van der Waals surface area contributed by atoms with E-state index < -0.39 is 12.1 Å². The molecule has 1 aliphatic carbocycles. The van der Waals surface area contributed by atoms with Gasteiger partial charge in [0, 0.05) is 37.3 Å². The molecule has 4 fully saturated rings. The molecule has 2 unspecified atom stereocenters. The minimum absolute atomic E-state index is 0.0102. The van der Waals surface area contributed by atoms with Gasteiger partial charge in [-0.3, -0.25) is 4.90 Å². The van der Waals surface area contributed by atoms with Gasteiger partial charge in [-0.25, -0.2) is 9.78 Å². The van der Waals surface area contributed by atoms with E-state index >= 15 is 0 Å². The predicted molar refractivity (Wildman–Crippen MR) is 170 cm³/mol. The number of hydrogen-bond donors (Lipinski definition) is 1. The van der Waals surface area contributed by atoms with Crippen molar-refractivity contribution in [3.63, 3.8) is 0 Å². The number of fused-ring (bicyclic) bond motifs is 3. The van der Waals surface area contributed by atoms with Crippen LogP contribution >= 0.6 is 0 Å². The number of carbonyl (C=O) groups is 1. The fourth-order valence-corrected chi connectivity index (χ4v) is 9.23. The largest absolute Gasteiger partial charge is 0.391 e. The van der Waals surface area contributed by atoms with Crippen molar-refractivity contribution in [2.75, 3.05) is 19.6 Å². The molecule has 2 aromatic carbocycles. The number of aryl methyl sites for hydroxylation is 1. The molecule has 3 aliphatic heterocycles. The quantitative estimate of drug-likeness (QED) is 0.306. The third kappa shape index (κ3) is 6.09. The van der Waals surface area contributed by atoms with Crippen LogP contribution in [0.15, 0.2) is 54.6 Å². The Morgan fingerprint density at radius 3 is 2.20 bits per heavy atom. The summed E-state index contributed by atoms with van der Waals surface area (Å²) in [5.74, 6) is -0.120. The molecule has 2 amide bonds. The van der Waals surface area contributed by atoms with Crippen molar-refractivity contribution in [3.8, 4) is 0 Å². The molecule has 3 saturated heterocycles. The van der Waals surface area contributed by atoms with Crippen LogP contribution in [0.4, 0.5) is 18.0 Å². The molecule has 9 heteroatoms. The summed E-state index contributed by atoms with van der Waals surface area (Å²) < 4.78 is 41.8. The Bertz CT molecular complexity index is 1460. The summed E-state index contributed by atoms with van der Waals surface area (Å²) in [6.07, 6.45) is 4.56. The number of urea groups is 1. The van der Waals surface area contributed by atoms with Crippen molar-refractivity contribution in [1.29, 1.82) is 0 Å². The second kappa shape index (κ2) is 12.3. The lowest BCUT2D eigenvalue weighted by atomic mass is 9.70. The maximum absolute atomic E-state index is 13.2. The van der Waals surface area contributed by atoms with Crippen LogP contribution in [0.25, 0.3) is 11.0 Å². The van der Waals surface area contributed by atoms with Crippen LogP contribution in [0.2, 0.25) is 0 Å². The van der Waals surface area contributed by atoms with Gasteiger partial charge in [-0.05, 0) is 107 Å². The monoisotopic (exact) mass is 621 g/mol. The predicted octanol–water partition coefficient (Wildman–Crippen LogP) is 7.77. The lowest BCUT2D eigenvalue weighted by molar-refractivity contribution is -0.182. The molecule has 4 heterocycles. The zero-order valence-corrected chi connectivity index (χ0v) is 26.3. The molecule has 242 valence electrons. The van der Waals surface area contributed by atoms with Gasteiger partial charge in [0.2, 0.25) is 0 Å². The highest BCUT2D eigenvalue weighted by Crippen LogP contribution is 2.45. The van der Waals surface area contributed by atoms with E-state index in [1.54, 1.807) is 0 Å². The van der Waals surface area contributed by atoms with Gasteiger partial charge in [0.1, 0.15) is 5.82 Å². The number of rotatable bonds is 6. The highest BCUT2D eigenvalue weighted by Gasteiger charge is 2.45. The second-order valence-electron chi connectivity index (χ2n) is 14.2. The molecule has 45 heavy (non-hydrogen) atoms. The van der Waals surface area contributed by atoms with Crippen LogP contribution in [0.5, 0.6) is 0 Å². The summed E-state index contributed by atoms with van der Waals surface area (Å²) in [6.45, 7) is 4.54. The second-order valence-corrected chi connectivity index (χ2v) is 14.2. The Morgan fingerprint density at radius 1 is 0.889 bits per heavy atom. The van der Waals surface area contributed by atoms with E-state index in [1.807, 2.05) is 4.90 Å². The van der Waals surface area contributed by atoms with Crippen LogP contribution in [0.3, 0.4) is 0 Å². The van der Waals surface area contributed by atoms with Gasteiger partial charge in [-0.1, -0.05) is 42.5 Å². The third-order valence-corrected chi connectivity index (χ3v) is 11.8. The minimum atomic E-state index is -4.13. The first kappa shape index (κ1) is 30.6. The Kier molecular flexibility index (Phi) is 8.34. The van der Waals surface area contributed by atoms with Crippen LogP contribution in [-0.4, -0.2) is 69.3 Å². The van der Waals surface area contributed by atoms with Crippen molar-refractivity contribution in [2.45, 2.75) is 113 Å². The SMILES string of the molecule is Cc1nc2ccccc2n1C1CC2CC[C@H](C1)N2CCC1(c2ccccc2)CCN(C(=O)NC2CCC(C(F)(F)F)CC2)CC1. The van der Waals surface area contributed by atoms with Crippen LogP contribution < -0.4 is 5.32 Å². The van der Waals surface area contributed by atoms with E-state index in [0.29, 0.717) is 44.1 Å². The van der Waals surface area contributed by atoms with Crippen LogP contribution in [-0.2, 0) is 5.41 Å². The number of hydrogen-bond acceptors (Lipinski definition) is 3. The third-order valence-electron chi connectivity index (χ3n) is 11.8. The summed E-state index contributed by atoms with van der Waals surface area (Å²) in [5.41, 5.74) is 3.71. The van der Waals surface area contributed by atoms with Gasteiger partial charge in [-0.15, -0.1) is 0 Å². The molecular weight excluding hydrogens is 575 g/mol. The maximum Gasteiger partial charge on any atom is 0.391 e. The summed E-state index contributed by atoms with van der Waals surface area (Å²) in [4.78, 5) is 22.8. The lowest BCUT2D eigenvalue weighted by Gasteiger charge is -2.46. The minimum Gasteiger partial charge on any atom is -0.335 e. The summed E-state index contributed by atoms with van der Waals surface area (Å²) >= 11 is 0. The molecule has 6 nitrogen and oxygen atoms in total. The fourth-order valence-electron chi connectivity index (χ4n) is 9.23. The van der Waals surface area contributed by atoms with E-state index in [9.17, 15) is 18.0 Å². The zero-order valence-electron chi connectivity index (χ0n) is 26.3. The standard InChI is InChI=1S/C36H46F3N5O/c1-25-40-32-9-5-6-10-33(32)44(25)31-23-29-15-16-30(24-31)43(29)22-19-35(26-7-3-2-4-8-26)17-20-42(21-18-35)34(45)41-28-13-11-27(12-14-28)36(37,38)39/h2-10,27-31H,11-24H2,1H3,(H,41,45)/t27?,28?,29-,30?,31?/m1/s1. The van der Waals surface area contributed by atoms with Gasteiger partial charge in [-0.2, -0.15) is 13.2 Å². The highest BCUT2D eigenvalue weighted by molar-refractivity contribution is 5.76. The molecule has 3 atom stereocenters. The number of piperidine rings is 2. The van der Waals surface area contributed by atoms with E-state index in [1.165, 1.54) is 23.9 Å². The van der Waals surface area contributed by atoms with Crippen molar-refractivity contribution in [3.05, 3.63) is 66.0 Å². The smallest absolute Gasteiger partial charge is 0.335 e. The number of benzene rings is 2. The van der Waals surface area contributed by atoms with Gasteiger partial charge < -0.3 is 14.8 Å². The number of aromatic nitrogens is 2. The fraction of sp³-hybridized carbons (Fsp3) is 0.611. The van der Waals surface area contributed by atoms with E-state index in [4.69, 9.17) is 4.98 Å². The maximum atomic E-state index is 13.2. The van der Waals surface area contributed by atoms with Gasteiger partial charge in [0.25, 0.3) is 0 Å². The van der Waals surface area contributed by atoms with Gasteiger partial charge in [0.05, 0.1) is 17.0 Å². The number of halogens is 3. The number of alkyl halides is 3. The summed E-state index contributed by atoms with van der Waals surface area (Å²) in [5, 5.41) is 3.07. The Balaban J connectivity index is 0.986.